The number of nitrogens with zero attached hydrogens (tertiary/aromatic N) is 4. The van der Waals surface area contributed by atoms with Gasteiger partial charge in [-0.1, -0.05) is 0 Å². The second-order valence-electron chi connectivity index (χ2n) is 8.29. The molecule has 1 saturated heterocycles. The molecule has 4 rings (SSSR count). The van der Waals surface area contributed by atoms with Gasteiger partial charge in [0.05, 0.1) is 24.2 Å². The predicted molar refractivity (Wildman–Crippen MR) is 113 cm³/mol. The molecule has 0 radical (unpaired) electrons. The van der Waals surface area contributed by atoms with E-state index < -0.39 is 49.6 Å². The Balaban J connectivity index is 1.51. The molecule has 3 atom stereocenters. The number of amides is 1. The molecule has 0 aliphatic carbocycles. The van der Waals surface area contributed by atoms with Crippen molar-refractivity contribution in [2.45, 2.75) is 57.7 Å². The number of hydrogen-bond donors (Lipinski definition) is 3. The van der Waals surface area contributed by atoms with Crippen molar-refractivity contribution in [3.8, 4) is 0 Å². The average Bonchev–Trinajstić information content (AvgIpc) is 3.50. The van der Waals surface area contributed by atoms with Crippen LogP contribution < -0.4 is 10.6 Å². The first-order valence-electron chi connectivity index (χ1n) is 10.8. The SMILES string of the molecule is CC(C)NC(=O)O[C@H]1CO[C@@H](c2cc(Nc3nc(C(F)F)cn4nc(COC(F)(F)F)cc34)n[nH]2)[C@H]1F. The van der Waals surface area contributed by atoms with Crippen LogP contribution >= 0.6 is 0 Å². The lowest BCUT2D eigenvalue weighted by Crippen LogP contribution is -2.36. The van der Waals surface area contributed by atoms with Gasteiger partial charge >= 0.3 is 12.5 Å². The molecule has 17 heteroatoms. The molecule has 202 valence electrons. The summed E-state index contributed by atoms with van der Waals surface area (Å²) in [5, 5.41) is 15.5. The number of H-pyrrole nitrogens is 1. The fourth-order valence-electron chi connectivity index (χ4n) is 3.50. The zero-order valence-corrected chi connectivity index (χ0v) is 19.2. The maximum atomic E-state index is 14.9. The number of hydrogen-bond acceptors (Lipinski definition) is 8. The quantitative estimate of drug-likeness (QED) is 0.367. The summed E-state index contributed by atoms with van der Waals surface area (Å²) in [6.07, 6.45) is -11.9. The number of ether oxygens (including phenoxy) is 3. The highest BCUT2D eigenvalue weighted by Gasteiger charge is 2.42. The first-order chi connectivity index (χ1) is 17.4. The third kappa shape index (κ3) is 6.40. The van der Waals surface area contributed by atoms with Gasteiger partial charge in [0.15, 0.2) is 23.9 Å². The maximum absolute atomic E-state index is 14.9. The first kappa shape index (κ1) is 26.5. The molecule has 0 aromatic carbocycles. The van der Waals surface area contributed by atoms with E-state index in [0.717, 1.165) is 10.7 Å². The molecule has 3 aromatic rings. The fraction of sp³-hybridized carbons (Fsp3) is 0.500. The van der Waals surface area contributed by atoms with Gasteiger partial charge in [-0.25, -0.2) is 27.5 Å². The molecule has 11 nitrogen and oxygen atoms in total. The van der Waals surface area contributed by atoms with Gasteiger partial charge in [-0.05, 0) is 19.9 Å². The number of carbonyl (C=O) groups excluding carboxylic acids is 1. The predicted octanol–water partition coefficient (Wildman–Crippen LogP) is 4.08. The summed E-state index contributed by atoms with van der Waals surface area (Å²) in [6, 6.07) is 2.29. The summed E-state index contributed by atoms with van der Waals surface area (Å²) in [7, 11) is 0. The Labute approximate surface area is 204 Å². The van der Waals surface area contributed by atoms with Crippen LogP contribution in [0.5, 0.6) is 0 Å². The number of anilines is 2. The van der Waals surface area contributed by atoms with Crippen LogP contribution in [0, 0.1) is 0 Å². The number of alkyl carbamates (subject to hydrolysis) is 1. The van der Waals surface area contributed by atoms with E-state index >= 15 is 0 Å². The van der Waals surface area contributed by atoms with E-state index in [1.807, 2.05) is 0 Å². The Hall–Kier alpha value is -3.60. The van der Waals surface area contributed by atoms with E-state index in [4.69, 9.17) is 9.47 Å². The Bertz CT molecular complexity index is 1250. The number of halogens is 6. The fourth-order valence-corrected chi connectivity index (χ4v) is 3.50. The van der Waals surface area contributed by atoms with Crippen LogP contribution in [0.15, 0.2) is 18.3 Å². The first-order valence-corrected chi connectivity index (χ1v) is 10.8. The maximum Gasteiger partial charge on any atom is 0.522 e. The average molecular weight is 537 g/mol. The zero-order valence-electron chi connectivity index (χ0n) is 19.2. The van der Waals surface area contributed by atoms with Crippen molar-refractivity contribution in [3.05, 3.63) is 35.4 Å². The topological polar surface area (TPSA) is 128 Å². The third-order valence-corrected chi connectivity index (χ3v) is 5.03. The van der Waals surface area contributed by atoms with Crippen LogP contribution in [0.2, 0.25) is 0 Å². The molecule has 0 unspecified atom stereocenters. The molecule has 3 N–H and O–H groups in total. The molecule has 0 saturated carbocycles. The van der Waals surface area contributed by atoms with E-state index in [2.05, 4.69) is 35.7 Å². The summed E-state index contributed by atoms with van der Waals surface area (Å²) in [5.41, 5.74) is -0.692. The summed E-state index contributed by atoms with van der Waals surface area (Å²) in [6.45, 7) is 2.26. The highest BCUT2D eigenvalue weighted by atomic mass is 19.4. The van der Waals surface area contributed by atoms with Gasteiger partial charge < -0.3 is 20.1 Å². The van der Waals surface area contributed by atoms with Gasteiger partial charge in [-0.2, -0.15) is 10.2 Å². The van der Waals surface area contributed by atoms with Crippen molar-refractivity contribution in [2.75, 3.05) is 11.9 Å². The molecule has 0 bridgehead atoms. The molecule has 3 aromatic heterocycles. The number of aromatic nitrogens is 5. The van der Waals surface area contributed by atoms with Crippen LogP contribution in [-0.2, 0) is 20.8 Å². The second kappa shape index (κ2) is 10.4. The van der Waals surface area contributed by atoms with Crippen LogP contribution in [0.1, 0.15) is 43.5 Å². The molecule has 4 heterocycles. The van der Waals surface area contributed by atoms with Crippen molar-refractivity contribution >= 4 is 23.2 Å². The monoisotopic (exact) mass is 537 g/mol. The summed E-state index contributed by atoms with van der Waals surface area (Å²) < 4.78 is 93.8. The normalized spacial score (nSPS) is 20.2. The van der Waals surface area contributed by atoms with Gasteiger partial charge in [-0.3, -0.25) is 9.84 Å². The number of nitrogens with one attached hydrogen (secondary N) is 3. The Morgan fingerprint density at radius 3 is 2.76 bits per heavy atom. The minimum Gasteiger partial charge on any atom is -0.441 e. The second-order valence-corrected chi connectivity index (χ2v) is 8.29. The lowest BCUT2D eigenvalue weighted by Gasteiger charge is -2.16. The van der Waals surface area contributed by atoms with Crippen molar-refractivity contribution in [1.82, 2.24) is 30.1 Å². The summed E-state index contributed by atoms with van der Waals surface area (Å²) in [5.74, 6) is -0.180. The number of fused-ring (bicyclic) bond motifs is 1. The lowest BCUT2D eigenvalue weighted by molar-refractivity contribution is -0.330. The van der Waals surface area contributed by atoms with Crippen molar-refractivity contribution < 1.29 is 45.3 Å². The molecule has 1 aliphatic heterocycles. The van der Waals surface area contributed by atoms with E-state index in [1.165, 1.54) is 12.1 Å². The van der Waals surface area contributed by atoms with Gasteiger partial charge in [0, 0.05) is 12.1 Å². The molecular weight excluding hydrogens is 516 g/mol. The van der Waals surface area contributed by atoms with E-state index in [-0.39, 0.29) is 41.2 Å². The van der Waals surface area contributed by atoms with Gasteiger partial charge in [-0.15, -0.1) is 13.2 Å². The lowest BCUT2D eigenvalue weighted by atomic mass is 10.1. The molecular formula is C20H21F6N7O4. The van der Waals surface area contributed by atoms with Gasteiger partial charge in [0.2, 0.25) is 0 Å². The van der Waals surface area contributed by atoms with Gasteiger partial charge in [0.25, 0.3) is 6.43 Å². The van der Waals surface area contributed by atoms with E-state index in [1.54, 1.807) is 13.8 Å². The number of alkyl halides is 6. The highest BCUT2D eigenvalue weighted by Crippen LogP contribution is 2.34. The van der Waals surface area contributed by atoms with Crippen molar-refractivity contribution in [2.24, 2.45) is 0 Å². The van der Waals surface area contributed by atoms with Gasteiger partial charge in [0.1, 0.15) is 23.9 Å². The highest BCUT2D eigenvalue weighted by molar-refractivity contribution is 5.72. The Kier molecular flexibility index (Phi) is 7.44. The minimum atomic E-state index is -4.91. The van der Waals surface area contributed by atoms with Crippen LogP contribution in [0.4, 0.5) is 42.8 Å². The molecule has 1 amide bonds. The Morgan fingerprint density at radius 2 is 2.08 bits per heavy atom. The largest absolute Gasteiger partial charge is 0.522 e. The Morgan fingerprint density at radius 1 is 1.32 bits per heavy atom. The zero-order chi connectivity index (χ0) is 26.9. The number of rotatable bonds is 8. The minimum absolute atomic E-state index is 0.0165. The van der Waals surface area contributed by atoms with Crippen LogP contribution in [0.25, 0.3) is 5.52 Å². The van der Waals surface area contributed by atoms with Crippen LogP contribution in [-0.4, -0.2) is 62.2 Å². The van der Waals surface area contributed by atoms with Crippen molar-refractivity contribution in [1.29, 1.82) is 0 Å². The smallest absolute Gasteiger partial charge is 0.441 e. The van der Waals surface area contributed by atoms with E-state index in [0.29, 0.717) is 0 Å². The van der Waals surface area contributed by atoms with E-state index in [9.17, 15) is 31.1 Å². The number of carbonyl (C=O) groups is 1. The van der Waals surface area contributed by atoms with Crippen molar-refractivity contribution in [3.63, 3.8) is 0 Å². The molecule has 0 spiro atoms. The summed E-state index contributed by atoms with van der Waals surface area (Å²) >= 11 is 0. The molecule has 1 aliphatic rings. The van der Waals surface area contributed by atoms with Crippen LogP contribution in [0.3, 0.4) is 0 Å². The number of aromatic amines is 1. The standard InChI is InChI=1S/C20H21F6N7O4/c1-8(2)27-19(34)37-13-7-35-16(15(13)21)10-4-14(31-30-10)29-18-12-3-9(6-36-20(24,25)26)32-33(12)5-11(28-18)17(22)23/h3-5,8,13,15-17H,6-7H2,1-2H3,(H,27,34)(H2,28,29,30,31)/t13-,15-,16-/m0/s1. The molecule has 1 fully saturated rings. The third-order valence-electron chi connectivity index (χ3n) is 5.03. The molecule has 37 heavy (non-hydrogen) atoms. The summed E-state index contributed by atoms with van der Waals surface area (Å²) in [4.78, 5) is 15.6.